The van der Waals surface area contributed by atoms with Gasteiger partial charge in [0.25, 0.3) is 0 Å². The van der Waals surface area contributed by atoms with Crippen LogP contribution in [0, 0.1) is 0 Å². The molecule has 44 heavy (non-hydrogen) atoms. The number of fused-ring (bicyclic) bond motifs is 1. The van der Waals surface area contributed by atoms with Crippen LogP contribution < -0.4 is 191 Å². The molecule has 2 aliphatic heterocycles. The zero-order chi connectivity index (χ0) is 30.2. The first-order chi connectivity index (χ1) is 19.6. The summed E-state index contributed by atoms with van der Waals surface area (Å²) in [6.45, 7) is -0.919. The minimum absolute atomic E-state index is 0. The summed E-state index contributed by atoms with van der Waals surface area (Å²) in [7, 11) is 0. The van der Waals surface area contributed by atoms with Crippen LogP contribution in [0.5, 0.6) is 0 Å². The first kappa shape index (κ1) is 48.0. The molecule has 2 rings (SSSR count). The fourth-order valence-electron chi connectivity index (χ4n) is 5.01. The van der Waals surface area contributed by atoms with Crippen molar-refractivity contribution in [3.63, 3.8) is 0 Å². The first-order valence-corrected chi connectivity index (χ1v) is 15.2. The van der Waals surface area contributed by atoms with E-state index in [1.54, 1.807) is 0 Å². The van der Waals surface area contributed by atoms with Gasteiger partial charge in [-0.2, -0.15) is 11.8 Å². The van der Waals surface area contributed by atoms with Crippen LogP contribution in [0.15, 0.2) is 0 Å². The zero-order valence-electron chi connectivity index (χ0n) is 26.2. The molecule has 0 aromatic carbocycles. The topological polar surface area (TPSA) is 223 Å². The average Bonchev–Trinajstić information content (AvgIpc) is 3.44. The minimum Gasteiger partial charge on any atom is -0.549 e. The molecule has 2 heterocycles. The third-order valence-electron chi connectivity index (χ3n) is 7.09. The molecule has 0 spiro atoms. The van der Waals surface area contributed by atoms with E-state index in [-0.39, 0.29) is 191 Å². The number of nitrogens with one attached hydrogen (secondary N) is 4. The van der Waals surface area contributed by atoms with Crippen molar-refractivity contribution in [3.05, 3.63) is 0 Å². The molecule has 0 radical (unpaired) electrons. The second-order valence-electron chi connectivity index (χ2n) is 10.4. The molecule has 0 saturated carbocycles. The van der Waals surface area contributed by atoms with Gasteiger partial charge >= 0.3 is 160 Å². The number of carbonyl (C=O) groups is 6. The Morgan fingerprint density at radius 1 is 0.795 bits per heavy atom. The van der Waals surface area contributed by atoms with Crippen LogP contribution in [-0.2, 0) is 24.0 Å². The Hall–Kier alpha value is 1.84. The van der Waals surface area contributed by atoms with Crippen molar-refractivity contribution in [3.8, 4) is 0 Å². The minimum atomic E-state index is -1.62. The number of hydrogen-bond acceptors (Lipinski definition) is 11. The molecule has 0 aromatic rings. The standard InChI is InChI=1S/C26H43N5O9S.3K/c32-20(28-13-7-5-8-18(25(38)39)31(14-22(34)35)15-23(36)37)10-2-1-6-12-27-21(33)11-4-3-9-19-24-17(16-41-19)29-26(40)30-24;;;/h17-19,24H,1-16H2,(H,27,33)(H,28,32)(H,34,35)(H,36,37)(H,38,39)(H2,29,30,40);;;/q;3*+1/p-3/t17-,18+,19-,24-;;;/m0.../s1. The van der Waals surface area contributed by atoms with Gasteiger partial charge in [0.1, 0.15) is 0 Å². The normalized spacial score (nSPS) is 18.8. The fraction of sp³-hybridized carbons (Fsp3) is 0.769. The summed E-state index contributed by atoms with van der Waals surface area (Å²) in [5.41, 5.74) is 0. The summed E-state index contributed by atoms with van der Waals surface area (Å²) < 4.78 is 0. The van der Waals surface area contributed by atoms with Crippen molar-refractivity contribution in [2.24, 2.45) is 0 Å². The van der Waals surface area contributed by atoms with Crippen LogP contribution in [0.1, 0.15) is 70.6 Å². The number of carboxylic acid groups (broad SMARTS) is 3. The van der Waals surface area contributed by atoms with E-state index in [0.29, 0.717) is 55.3 Å². The Bertz CT molecular complexity index is 922. The molecule has 4 N–H and O–H groups in total. The van der Waals surface area contributed by atoms with Crippen LogP contribution in [-0.4, -0.2) is 96.0 Å². The molecule has 0 aliphatic carbocycles. The molecule has 2 fully saturated rings. The van der Waals surface area contributed by atoms with Gasteiger partial charge in [-0.1, -0.05) is 12.8 Å². The Labute approximate surface area is 390 Å². The molecule has 0 aromatic heterocycles. The molecule has 0 unspecified atom stereocenters. The maximum atomic E-state index is 12.0. The first-order valence-electron chi connectivity index (χ1n) is 14.1. The Kier molecular flexibility index (Phi) is 30.1. The van der Waals surface area contributed by atoms with Gasteiger partial charge in [0.2, 0.25) is 11.8 Å². The molecule has 232 valence electrons. The van der Waals surface area contributed by atoms with E-state index in [2.05, 4.69) is 21.3 Å². The van der Waals surface area contributed by atoms with E-state index in [1.165, 1.54) is 0 Å². The van der Waals surface area contributed by atoms with Crippen molar-refractivity contribution >= 4 is 47.5 Å². The molecular weight excluding hydrogens is 676 g/mol. The second-order valence-corrected chi connectivity index (χ2v) is 11.6. The summed E-state index contributed by atoms with van der Waals surface area (Å²) in [5.74, 6) is -4.04. The Morgan fingerprint density at radius 3 is 1.89 bits per heavy atom. The summed E-state index contributed by atoms with van der Waals surface area (Å²) in [6, 6.07) is -1.13. The number of carbonyl (C=O) groups excluding carboxylic acids is 6. The van der Waals surface area contributed by atoms with E-state index in [1.807, 2.05) is 11.8 Å². The van der Waals surface area contributed by atoms with Crippen LogP contribution >= 0.6 is 11.8 Å². The predicted octanol–water partition coefficient (Wildman–Crippen LogP) is -12.4. The van der Waals surface area contributed by atoms with E-state index in [4.69, 9.17) is 0 Å². The summed E-state index contributed by atoms with van der Waals surface area (Å²) >= 11 is 1.87. The van der Waals surface area contributed by atoms with Crippen molar-refractivity contribution in [2.75, 3.05) is 31.9 Å². The molecule has 2 aliphatic rings. The van der Waals surface area contributed by atoms with Crippen molar-refractivity contribution in [2.45, 2.75) is 94.0 Å². The van der Waals surface area contributed by atoms with E-state index in [9.17, 15) is 44.1 Å². The summed E-state index contributed by atoms with van der Waals surface area (Å²) in [4.78, 5) is 69.2. The van der Waals surface area contributed by atoms with Gasteiger partial charge in [-0.25, -0.2) is 4.79 Å². The maximum Gasteiger partial charge on any atom is 1.00 e. The number of unbranched alkanes of at least 4 members (excludes halogenated alkanes) is 4. The molecule has 4 atom stereocenters. The number of urea groups is 1. The van der Waals surface area contributed by atoms with Gasteiger partial charge in [-0.05, 0) is 44.9 Å². The number of carboxylic acids is 3. The largest absolute Gasteiger partial charge is 1.00 e. The van der Waals surface area contributed by atoms with Gasteiger partial charge < -0.3 is 51.0 Å². The summed E-state index contributed by atoms with van der Waals surface area (Å²) in [6.07, 6.45) is 6.33. The van der Waals surface area contributed by atoms with Gasteiger partial charge in [-0.15, -0.1) is 0 Å². The molecule has 0 bridgehead atoms. The predicted molar refractivity (Wildman–Crippen MR) is 143 cm³/mol. The van der Waals surface area contributed by atoms with Crippen molar-refractivity contribution < 1.29 is 198 Å². The van der Waals surface area contributed by atoms with Gasteiger partial charge in [-0.3, -0.25) is 14.5 Å². The number of aliphatic carboxylic acids is 3. The monoisotopic (exact) mass is 715 g/mol. The van der Waals surface area contributed by atoms with Crippen LogP contribution in [0.3, 0.4) is 0 Å². The Balaban J connectivity index is 0. The molecule has 18 heteroatoms. The van der Waals surface area contributed by atoms with Crippen LogP contribution in [0.25, 0.3) is 0 Å². The van der Waals surface area contributed by atoms with E-state index < -0.39 is 37.0 Å². The van der Waals surface area contributed by atoms with Gasteiger partial charge in [0.15, 0.2) is 0 Å². The second kappa shape index (κ2) is 27.6. The van der Waals surface area contributed by atoms with Crippen molar-refractivity contribution in [1.29, 1.82) is 0 Å². The third kappa shape index (κ3) is 20.4. The maximum absolute atomic E-state index is 12.0. The van der Waals surface area contributed by atoms with E-state index >= 15 is 0 Å². The molecule has 2 saturated heterocycles. The van der Waals surface area contributed by atoms with Crippen molar-refractivity contribution in [1.82, 2.24) is 26.2 Å². The van der Waals surface area contributed by atoms with E-state index in [0.717, 1.165) is 37.9 Å². The van der Waals surface area contributed by atoms with Gasteiger partial charge in [0.05, 0.1) is 36.0 Å². The Morgan fingerprint density at radius 2 is 1.34 bits per heavy atom. The number of nitrogens with zero attached hydrogens (tertiary/aromatic N) is 1. The smallest absolute Gasteiger partial charge is 0.549 e. The molecule has 4 amide bonds. The third-order valence-corrected chi connectivity index (χ3v) is 8.60. The quantitative estimate of drug-likeness (QED) is 0.0468. The summed E-state index contributed by atoms with van der Waals surface area (Å²) in [5, 5.41) is 44.9. The van der Waals surface area contributed by atoms with Crippen LogP contribution in [0.4, 0.5) is 4.79 Å². The van der Waals surface area contributed by atoms with Gasteiger partial charge in [0, 0.05) is 50.0 Å². The number of amides is 4. The fourth-order valence-corrected chi connectivity index (χ4v) is 6.56. The zero-order valence-corrected chi connectivity index (χ0v) is 36.3. The number of thioether (sulfide) groups is 1. The number of rotatable bonds is 22. The number of hydrogen-bond donors (Lipinski definition) is 4. The SMILES string of the molecule is O=C([O-])CN(CC(=O)[O-])[C@H](CCCCNC(=O)CCCCCNC(=O)CCCC[C@@H]1SC[C@@H]2NC(=O)N[C@@H]21)C(=O)[O-].[K+].[K+].[K+]. The van der Waals surface area contributed by atoms with Crippen LogP contribution in [0.2, 0.25) is 0 Å². The molecular formula is C26H40K3N5O9S. The average molecular weight is 716 g/mol. The molecule has 14 nitrogen and oxygen atoms in total.